The van der Waals surface area contributed by atoms with Crippen LogP contribution in [0.2, 0.25) is 5.02 Å². The van der Waals surface area contributed by atoms with Crippen molar-refractivity contribution in [3.05, 3.63) is 71.9 Å². The van der Waals surface area contributed by atoms with Crippen LogP contribution in [0.5, 0.6) is 0 Å². The van der Waals surface area contributed by atoms with Crippen LogP contribution in [0.15, 0.2) is 66.9 Å². The number of imidazole rings is 1. The predicted molar refractivity (Wildman–Crippen MR) is 94.4 cm³/mol. The van der Waals surface area contributed by atoms with Gasteiger partial charge < -0.3 is 4.57 Å². The molecule has 0 saturated carbocycles. The molecule has 4 heteroatoms. The summed E-state index contributed by atoms with van der Waals surface area (Å²) in [6, 6.07) is 19.9. The fourth-order valence-corrected chi connectivity index (χ4v) is 2.94. The van der Waals surface area contributed by atoms with E-state index in [0.29, 0.717) is 5.02 Å². The van der Waals surface area contributed by atoms with Crippen LogP contribution >= 0.6 is 11.6 Å². The van der Waals surface area contributed by atoms with Gasteiger partial charge in [-0.05, 0) is 18.2 Å². The zero-order valence-electron chi connectivity index (χ0n) is 12.6. The van der Waals surface area contributed by atoms with Crippen LogP contribution in [0.4, 0.5) is 0 Å². The highest BCUT2D eigenvalue weighted by molar-refractivity contribution is 6.30. The average Bonchev–Trinajstić information content (AvgIpc) is 2.92. The van der Waals surface area contributed by atoms with E-state index in [1.807, 2.05) is 55.7 Å². The molecule has 0 aliphatic rings. The second-order valence-corrected chi connectivity index (χ2v) is 5.87. The Labute approximate surface area is 139 Å². The predicted octanol–water partition coefficient (Wildman–Crippen LogP) is 4.96. The van der Waals surface area contributed by atoms with Crippen LogP contribution in [-0.4, -0.2) is 14.5 Å². The van der Waals surface area contributed by atoms with E-state index in [1.54, 1.807) is 0 Å². The van der Waals surface area contributed by atoms with Gasteiger partial charge in [0.1, 0.15) is 11.3 Å². The van der Waals surface area contributed by atoms with Crippen molar-refractivity contribution in [3.63, 3.8) is 0 Å². The zero-order valence-corrected chi connectivity index (χ0v) is 13.3. The maximum absolute atomic E-state index is 6.08. The van der Waals surface area contributed by atoms with E-state index in [1.165, 1.54) is 0 Å². The molecule has 0 amide bonds. The van der Waals surface area contributed by atoms with Crippen LogP contribution in [-0.2, 0) is 7.05 Å². The Morgan fingerprint density at radius 1 is 0.913 bits per heavy atom. The third kappa shape index (κ3) is 2.49. The number of pyridine rings is 1. The normalized spacial score (nSPS) is 11.0. The Kier molecular flexibility index (Phi) is 3.36. The highest BCUT2D eigenvalue weighted by Gasteiger charge is 2.11. The van der Waals surface area contributed by atoms with E-state index < -0.39 is 0 Å². The Hall–Kier alpha value is -2.65. The Morgan fingerprint density at radius 2 is 1.70 bits per heavy atom. The first-order valence-electron chi connectivity index (χ1n) is 7.36. The van der Waals surface area contributed by atoms with Crippen LogP contribution in [0.25, 0.3) is 33.7 Å². The quantitative estimate of drug-likeness (QED) is 0.523. The largest absolute Gasteiger partial charge is 0.327 e. The topological polar surface area (TPSA) is 30.7 Å². The first kappa shape index (κ1) is 14.0. The Morgan fingerprint density at radius 3 is 2.48 bits per heavy atom. The summed E-state index contributed by atoms with van der Waals surface area (Å²) >= 11 is 6.08. The first-order valence-corrected chi connectivity index (χ1v) is 7.74. The van der Waals surface area contributed by atoms with Gasteiger partial charge in [-0.2, -0.15) is 0 Å². The van der Waals surface area contributed by atoms with Gasteiger partial charge in [-0.15, -0.1) is 0 Å². The molecular weight excluding hydrogens is 306 g/mol. The molecule has 0 aliphatic carbocycles. The molecule has 0 N–H and O–H groups in total. The third-order valence-electron chi connectivity index (χ3n) is 3.92. The summed E-state index contributed by atoms with van der Waals surface area (Å²) < 4.78 is 2.10. The number of rotatable bonds is 2. The smallest absolute Gasteiger partial charge is 0.140 e. The standard InChI is InChI=1S/C19H14ClN3/c1-23-18-11-16(14-8-5-9-15(20)10-14)21-12-17(18)22-19(23)13-6-3-2-4-7-13/h2-12H,1H3. The SMILES string of the molecule is Cn1c(-c2ccccc2)nc2cnc(-c3cccc(Cl)c3)cc21. The monoisotopic (exact) mass is 319 g/mol. The maximum Gasteiger partial charge on any atom is 0.140 e. The Balaban J connectivity index is 1.88. The molecule has 0 fully saturated rings. The molecule has 0 saturated heterocycles. The lowest BCUT2D eigenvalue weighted by atomic mass is 10.1. The van der Waals surface area contributed by atoms with Crippen molar-refractivity contribution in [1.29, 1.82) is 0 Å². The summed E-state index contributed by atoms with van der Waals surface area (Å²) in [4.78, 5) is 9.24. The van der Waals surface area contributed by atoms with Crippen LogP contribution in [0.3, 0.4) is 0 Å². The van der Waals surface area contributed by atoms with Crippen molar-refractivity contribution in [2.24, 2.45) is 7.05 Å². The molecule has 23 heavy (non-hydrogen) atoms. The number of fused-ring (bicyclic) bond motifs is 1. The molecular formula is C19H14ClN3. The number of nitrogens with zero attached hydrogens (tertiary/aromatic N) is 3. The fraction of sp³-hybridized carbons (Fsp3) is 0.0526. The number of aromatic nitrogens is 3. The van der Waals surface area contributed by atoms with E-state index >= 15 is 0 Å². The molecule has 2 heterocycles. The highest BCUT2D eigenvalue weighted by Crippen LogP contribution is 2.27. The lowest BCUT2D eigenvalue weighted by Gasteiger charge is -2.04. The van der Waals surface area contributed by atoms with Crippen molar-refractivity contribution >= 4 is 22.6 Å². The van der Waals surface area contributed by atoms with E-state index in [0.717, 1.165) is 33.7 Å². The zero-order chi connectivity index (χ0) is 15.8. The van der Waals surface area contributed by atoms with Gasteiger partial charge in [0.05, 0.1) is 17.4 Å². The number of hydrogen-bond donors (Lipinski definition) is 0. The highest BCUT2D eigenvalue weighted by atomic mass is 35.5. The summed E-state index contributed by atoms with van der Waals surface area (Å²) in [5.74, 6) is 0.936. The van der Waals surface area contributed by atoms with Crippen LogP contribution in [0.1, 0.15) is 0 Å². The molecule has 2 aromatic heterocycles. The maximum atomic E-state index is 6.08. The van der Waals surface area contributed by atoms with Gasteiger partial charge in [0.2, 0.25) is 0 Å². The van der Waals surface area contributed by atoms with Crippen molar-refractivity contribution in [2.75, 3.05) is 0 Å². The van der Waals surface area contributed by atoms with Gasteiger partial charge in [0.15, 0.2) is 0 Å². The minimum Gasteiger partial charge on any atom is -0.327 e. The molecule has 112 valence electrons. The van der Waals surface area contributed by atoms with Gasteiger partial charge in [0.25, 0.3) is 0 Å². The molecule has 2 aromatic carbocycles. The summed E-state index contributed by atoms with van der Waals surface area (Å²) in [5.41, 5.74) is 4.92. The summed E-state index contributed by atoms with van der Waals surface area (Å²) in [7, 11) is 2.03. The molecule has 4 rings (SSSR count). The van der Waals surface area contributed by atoms with Crippen molar-refractivity contribution in [2.45, 2.75) is 0 Å². The van der Waals surface area contributed by atoms with E-state index in [-0.39, 0.29) is 0 Å². The van der Waals surface area contributed by atoms with Crippen molar-refractivity contribution in [3.8, 4) is 22.6 Å². The van der Waals surface area contributed by atoms with Crippen LogP contribution in [0, 0.1) is 0 Å². The van der Waals surface area contributed by atoms with E-state index in [2.05, 4.69) is 27.8 Å². The average molecular weight is 320 g/mol. The number of aryl methyl sites for hydroxylation is 1. The second-order valence-electron chi connectivity index (χ2n) is 5.43. The molecule has 0 radical (unpaired) electrons. The van der Waals surface area contributed by atoms with Gasteiger partial charge in [-0.25, -0.2) is 4.98 Å². The fourth-order valence-electron chi connectivity index (χ4n) is 2.75. The number of hydrogen-bond acceptors (Lipinski definition) is 2. The number of benzene rings is 2. The van der Waals surface area contributed by atoms with Crippen LogP contribution < -0.4 is 0 Å². The van der Waals surface area contributed by atoms with Gasteiger partial charge in [-0.3, -0.25) is 4.98 Å². The summed E-state index contributed by atoms with van der Waals surface area (Å²) in [6.45, 7) is 0. The number of halogens is 1. The Bertz CT molecular complexity index is 990. The lowest BCUT2D eigenvalue weighted by molar-refractivity contribution is 0.959. The first-order chi connectivity index (χ1) is 11.2. The molecule has 3 nitrogen and oxygen atoms in total. The molecule has 0 atom stereocenters. The minimum absolute atomic E-state index is 0.708. The van der Waals surface area contributed by atoms with Gasteiger partial charge in [-0.1, -0.05) is 54.1 Å². The molecule has 0 aliphatic heterocycles. The summed E-state index contributed by atoms with van der Waals surface area (Å²) in [5, 5.41) is 0.708. The molecule has 0 spiro atoms. The van der Waals surface area contributed by atoms with Gasteiger partial charge >= 0.3 is 0 Å². The van der Waals surface area contributed by atoms with E-state index in [4.69, 9.17) is 16.6 Å². The molecule has 0 unspecified atom stereocenters. The molecule has 0 bridgehead atoms. The minimum atomic E-state index is 0.708. The third-order valence-corrected chi connectivity index (χ3v) is 4.15. The second kappa shape index (κ2) is 5.52. The van der Waals surface area contributed by atoms with E-state index in [9.17, 15) is 0 Å². The molecule has 4 aromatic rings. The summed E-state index contributed by atoms with van der Waals surface area (Å²) in [6.07, 6.45) is 1.82. The lowest BCUT2D eigenvalue weighted by Crippen LogP contribution is -1.92. The van der Waals surface area contributed by atoms with Crippen molar-refractivity contribution < 1.29 is 0 Å². The van der Waals surface area contributed by atoms with Gasteiger partial charge in [0, 0.05) is 23.2 Å². The van der Waals surface area contributed by atoms with Crippen molar-refractivity contribution in [1.82, 2.24) is 14.5 Å².